The van der Waals surface area contributed by atoms with E-state index in [9.17, 15) is 4.79 Å². The van der Waals surface area contributed by atoms with Crippen LogP contribution in [0, 0.1) is 18.3 Å². The third-order valence-corrected chi connectivity index (χ3v) is 2.44. The molecule has 0 bridgehead atoms. The molecular formula is C10H15N3O. The molecule has 3 N–H and O–H groups in total. The second kappa shape index (κ2) is 5.40. The van der Waals surface area contributed by atoms with E-state index in [1.54, 1.807) is 0 Å². The highest BCUT2D eigenvalue weighted by molar-refractivity contribution is 5.96. The van der Waals surface area contributed by atoms with Crippen LogP contribution in [0.2, 0.25) is 0 Å². The lowest BCUT2D eigenvalue weighted by Crippen LogP contribution is -2.30. The van der Waals surface area contributed by atoms with Crippen LogP contribution in [-0.4, -0.2) is 11.7 Å². The maximum atomic E-state index is 11.0. The number of carbonyl (C=O) groups is 1. The van der Waals surface area contributed by atoms with Gasteiger partial charge in [-0.1, -0.05) is 6.42 Å². The first-order chi connectivity index (χ1) is 6.77. The van der Waals surface area contributed by atoms with E-state index in [1.807, 2.05) is 5.43 Å². The third kappa shape index (κ3) is 2.86. The summed E-state index contributed by atoms with van der Waals surface area (Å²) in [6.45, 7) is 0. The molecule has 1 saturated carbocycles. The molecule has 0 aromatic rings. The fourth-order valence-corrected chi connectivity index (χ4v) is 1.74. The maximum Gasteiger partial charge on any atom is 0.354 e. The van der Waals surface area contributed by atoms with Gasteiger partial charge in [-0.3, -0.25) is 5.43 Å². The third-order valence-electron chi connectivity index (χ3n) is 2.44. The summed E-state index contributed by atoms with van der Waals surface area (Å²) in [6, 6.07) is -0.482. The monoisotopic (exact) mass is 193 g/mol. The molecule has 0 heterocycles. The smallest absolute Gasteiger partial charge is 0.274 e. The Balaban J connectivity index is 2.67. The molecule has 1 aliphatic carbocycles. The van der Waals surface area contributed by atoms with E-state index in [4.69, 9.17) is 12.3 Å². The van der Waals surface area contributed by atoms with Crippen LogP contribution in [0.3, 0.4) is 0 Å². The number of urea groups is 1. The predicted molar refractivity (Wildman–Crippen MR) is 55.6 cm³/mol. The van der Waals surface area contributed by atoms with Crippen LogP contribution in [0.15, 0.2) is 4.99 Å². The lowest BCUT2D eigenvalue weighted by atomic mass is 9.85. The molecule has 2 amide bonds. The summed E-state index contributed by atoms with van der Waals surface area (Å²) in [5.41, 5.74) is 2.90. The van der Waals surface area contributed by atoms with E-state index in [0.717, 1.165) is 31.4 Å². The number of nitrogens with one attached hydrogen (secondary N) is 1. The van der Waals surface area contributed by atoms with Crippen molar-refractivity contribution < 1.29 is 4.79 Å². The Hall–Kier alpha value is -1.34. The van der Waals surface area contributed by atoms with Gasteiger partial charge in [0.15, 0.2) is 0 Å². The second-order valence-corrected chi connectivity index (χ2v) is 3.40. The summed E-state index contributed by atoms with van der Waals surface area (Å²) in [5, 5.41) is 0. The van der Waals surface area contributed by atoms with E-state index in [0.29, 0.717) is 6.42 Å². The maximum absolute atomic E-state index is 11.0. The highest BCUT2D eigenvalue weighted by atomic mass is 16.2. The molecule has 0 radical (unpaired) electrons. The van der Waals surface area contributed by atoms with Crippen LogP contribution in [-0.2, 0) is 0 Å². The van der Waals surface area contributed by atoms with Crippen molar-refractivity contribution in [3.05, 3.63) is 0 Å². The lowest BCUT2D eigenvalue weighted by Gasteiger charge is -2.21. The number of amides is 2. The topological polar surface area (TPSA) is 67.5 Å². The fourth-order valence-electron chi connectivity index (χ4n) is 1.74. The molecule has 0 aliphatic heterocycles. The van der Waals surface area contributed by atoms with E-state index < -0.39 is 6.03 Å². The number of hydrazine groups is 1. The van der Waals surface area contributed by atoms with Crippen molar-refractivity contribution in [3.8, 4) is 12.3 Å². The number of rotatable bonds is 1. The Bertz CT molecular complexity index is 278. The van der Waals surface area contributed by atoms with E-state index in [1.165, 1.54) is 0 Å². The van der Waals surface area contributed by atoms with Crippen molar-refractivity contribution in [2.75, 3.05) is 0 Å². The fraction of sp³-hybridized carbons (Fsp3) is 0.600. The number of nitrogens with zero attached hydrogens (tertiary/aromatic N) is 1. The van der Waals surface area contributed by atoms with Crippen molar-refractivity contribution >= 4 is 11.7 Å². The van der Waals surface area contributed by atoms with Crippen molar-refractivity contribution in [1.29, 1.82) is 0 Å². The number of carbonyl (C=O) groups excluding carboxylic acids is 1. The highest BCUT2D eigenvalue weighted by Gasteiger charge is 2.20. The van der Waals surface area contributed by atoms with Crippen LogP contribution >= 0.6 is 0 Å². The Morgan fingerprint density at radius 3 is 3.14 bits per heavy atom. The zero-order valence-corrected chi connectivity index (χ0v) is 8.12. The summed E-state index contributed by atoms with van der Waals surface area (Å²) >= 11 is 0. The molecule has 0 saturated heterocycles. The second-order valence-electron chi connectivity index (χ2n) is 3.40. The van der Waals surface area contributed by atoms with Gasteiger partial charge < -0.3 is 0 Å². The first-order valence-corrected chi connectivity index (χ1v) is 4.79. The summed E-state index contributed by atoms with van der Waals surface area (Å²) in [6.07, 6.45) is 10.1. The van der Waals surface area contributed by atoms with Crippen molar-refractivity contribution in [2.45, 2.75) is 32.1 Å². The van der Waals surface area contributed by atoms with Gasteiger partial charge in [0.25, 0.3) is 0 Å². The number of hydrogen-bond acceptors (Lipinski definition) is 2. The standard InChI is InChI=1S/C10H15N3O/c1-2-5-8-6-3-4-7-9(8)12-10(14)13-11/h1,8H,3-7,11H2,(H,13,14)/t8-/m1/s1. The Morgan fingerprint density at radius 2 is 2.50 bits per heavy atom. The molecule has 0 aromatic heterocycles. The minimum Gasteiger partial charge on any atom is -0.274 e. The predicted octanol–water partition coefficient (Wildman–Crippen LogP) is 1.22. The molecule has 0 aromatic carbocycles. The first kappa shape index (κ1) is 10.7. The van der Waals surface area contributed by atoms with E-state index in [-0.39, 0.29) is 5.92 Å². The molecule has 14 heavy (non-hydrogen) atoms. The zero-order chi connectivity index (χ0) is 10.4. The van der Waals surface area contributed by atoms with Crippen LogP contribution < -0.4 is 11.3 Å². The minimum absolute atomic E-state index is 0.269. The largest absolute Gasteiger partial charge is 0.354 e. The summed E-state index contributed by atoms with van der Waals surface area (Å²) < 4.78 is 0. The molecular weight excluding hydrogens is 178 g/mol. The van der Waals surface area contributed by atoms with Gasteiger partial charge in [0.2, 0.25) is 0 Å². The minimum atomic E-state index is -0.482. The van der Waals surface area contributed by atoms with Crippen molar-refractivity contribution in [1.82, 2.24) is 5.43 Å². The highest BCUT2D eigenvalue weighted by Crippen LogP contribution is 2.24. The molecule has 76 valence electrons. The molecule has 4 heteroatoms. The molecule has 1 rings (SSSR count). The van der Waals surface area contributed by atoms with E-state index in [2.05, 4.69) is 10.9 Å². The molecule has 1 fully saturated rings. The van der Waals surface area contributed by atoms with Gasteiger partial charge in [0.05, 0.1) is 0 Å². The van der Waals surface area contributed by atoms with Gasteiger partial charge in [0.1, 0.15) is 0 Å². The number of aliphatic imine (C=N–C) groups is 1. The zero-order valence-electron chi connectivity index (χ0n) is 8.12. The number of nitrogens with two attached hydrogens (primary N) is 1. The average molecular weight is 193 g/mol. The summed E-state index contributed by atoms with van der Waals surface area (Å²) in [5.74, 6) is 7.85. The Kier molecular flexibility index (Phi) is 4.14. The van der Waals surface area contributed by atoms with Gasteiger partial charge >= 0.3 is 6.03 Å². The van der Waals surface area contributed by atoms with Gasteiger partial charge in [-0.05, 0) is 19.3 Å². The van der Waals surface area contributed by atoms with Crippen LogP contribution in [0.5, 0.6) is 0 Å². The quantitative estimate of drug-likeness (QED) is 0.284. The number of terminal acetylenes is 1. The first-order valence-electron chi connectivity index (χ1n) is 4.79. The average Bonchev–Trinajstić information content (AvgIpc) is 2.21. The molecule has 1 atom stereocenters. The number of hydrogen-bond donors (Lipinski definition) is 2. The molecule has 4 nitrogen and oxygen atoms in total. The van der Waals surface area contributed by atoms with Gasteiger partial charge in [-0.2, -0.15) is 0 Å². The summed E-state index contributed by atoms with van der Waals surface area (Å²) in [4.78, 5) is 14.9. The normalized spacial score (nSPS) is 24.3. The lowest BCUT2D eigenvalue weighted by molar-refractivity contribution is 0.249. The van der Waals surface area contributed by atoms with Crippen molar-refractivity contribution in [3.63, 3.8) is 0 Å². The van der Waals surface area contributed by atoms with Gasteiger partial charge in [-0.15, -0.1) is 12.3 Å². The molecule has 0 unspecified atom stereocenters. The van der Waals surface area contributed by atoms with Crippen LogP contribution in [0.25, 0.3) is 0 Å². The van der Waals surface area contributed by atoms with E-state index >= 15 is 0 Å². The van der Waals surface area contributed by atoms with Crippen molar-refractivity contribution in [2.24, 2.45) is 16.8 Å². The SMILES string of the molecule is C#CC[C@@H]1CCCCC1=NC(=O)NN. The van der Waals surface area contributed by atoms with Crippen LogP contribution in [0.4, 0.5) is 4.79 Å². The van der Waals surface area contributed by atoms with Gasteiger partial charge in [-0.25, -0.2) is 15.6 Å². The summed E-state index contributed by atoms with van der Waals surface area (Å²) in [7, 11) is 0. The molecule has 0 spiro atoms. The molecule has 1 aliphatic rings. The van der Waals surface area contributed by atoms with Gasteiger partial charge in [0, 0.05) is 18.1 Å². The Morgan fingerprint density at radius 1 is 1.71 bits per heavy atom. The Labute approximate surface area is 83.9 Å². The van der Waals surface area contributed by atoms with Crippen LogP contribution in [0.1, 0.15) is 32.1 Å².